The van der Waals surface area contributed by atoms with Crippen LogP contribution in [0.1, 0.15) is 24.1 Å². The standard InChI is InChI=1S/C22H27N3O4S/c1-2-29-22(26)25-14-12-24(13-15-25)21-19-11-7-6-8-17(19)16-20(21)23-30(27,28)18-9-4-3-5-10-18/h3-11,20-21,23H,2,12-16H2,1H3/t20-,21+/m1/s1. The van der Waals surface area contributed by atoms with Crippen LogP contribution in [0.25, 0.3) is 0 Å². The minimum absolute atomic E-state index is 0.0657. The summed E-state index contributed by atoms with van der Waals surface area (Å²) in [4.78, 5) is 16.3. The SMILES string of the molecule is CCOC(=O)N1CCN([C@H]2c3ccccc3C[C@H]2NS(=O)(=O)c2ccccc2)CC1. The van der Waals surface area contributed by atoms with Gasteiger partial charge in [-0.25, -0.2) is 17.9 Å². The fraction of sp³-hybridized carbons (Fsp3) is 0.409. The van der Waals surface area contributed by atoms with Crippen LogP contribution in [-0.2, 0) is 21.2 Å². The third kappa shape index (κ3) is 4.21. The summed E-state index contributed by atoms with van der Waals surface area (Å²) in [7, 11) is -3.63. The highest BCUT2D eigenvalue weighted by molar-refractivity contribution is 7.89. The van der Waals surface area contributed by atoms with E-state index in [1.165, 1.54) is 0 Å². The minimum Gasteiger partial charge on any atom is -0.450 e. The van der Waals surface area contributed by atoms with Gasteiger partial charge in [0.05, 0.1) is 17.5 Å². The molecule has 0 saturated carbocycles. The van der Waals surface area contributed by atoms with Gasteiger partial charge in [-0.1, -0.05) is 42.5 Å². The second kappa shape index (κ2) is 8.75. The van der Waals surface area contributed by atoms with Gasteiger partial charge in [-0.2, -0.15) is 0 Å². The molecule has 1 aliphatic heterocycles. The lowest BCUT2D eigenvalue weighted by molar-refractivity contribution is 0.0619. The molecule has 1 N–H and O–H groups in total. The summed E-state index contributed by atoms with van der Waals surface area (Å²) < 4.78 is 34.0. The van der Waals surface area contributed by atoms with Crippen LogP contribution in [0.2, 0.25) is 0 Å². The van der Waals surface area contributed by atoms with Crippen LogP contribution < -0.4 is 4.72 Å². The number of sulfonamides is 1. The first kappa shape index (κ1) is 20.8. The highest BCUT2D eigenvalue weighted by Gasteiger charge is 2.40. The van der Waals surface area contributed by atoms with Crippen LogP contribution in [0.15, 0.2) is 59.5 Å². The number of carbonyl (C=O) groups is 1. The predicted octanol–water partition coefficient (Wildman–Crippen LogP) is 2.41. The zero-order valence-corrected chi connectivity index (χ0v) is 17.8. The third-order valence-electron chi connectivity index (χ3n) is 5.79. The van der Waals surface area contributed by atoms with Crippen molar-refractivity contribution in [1.29, 1.82) is 0 Å². The van der Waals surface area contributed by atoms with Crippen molar-refractivity contribution in [1.82, 2.24) is 14.5 Å². The number of hydrogen-bond acceptors (Lipinski definition) is 5. The molecule has 1 saturated heterocycles. The first-order chi connectivity index (χ1) is 14.5. The lowest BCUT2D eigenvalue weighted by atomic mass is 10.0. The maximum absolute atomic E-state index is 13.0. The van der Waals surface area contributed by atoms with E-state index in [2.05, 4.69) is 21.8 Å². The molecule has 0 aromatic heterocycles. The number of rotatable bonds is 5. The fourth-order valence-corrected chi connectivity index (χ4v) is 5.66. The number of amides is 1. The molecule has 1 fully saturated rings. The smallest absolute Gasteiger partial charge is 0.409 e. The average Bonchev–Trinajstić information content (AvgIpc) is 3.11. The van der Waals surface area contributed by atoms with E-state index in [1.807, 2.05) is 12.1 Å². The Kier molecular flexibility index (Phi) is 6.08. The van der Waals surface area contributed by atoms with Crippen molar-refractivity contribution in [3.05, 3.63) is 65.7 Å². The van der Waals surface area contributed by atoms with Gasteiger partial charge < -0.3 is 9.64 Å². The third-order valence-corrected chi connectivity index (χ3v) is 7.29. The van der Waals surface area contributed by atoms with Crippen LogP contribution in [-0.4, -0.2) is 63.1 Å². The molecule has 8 heteroatoms. The Morgan fingerprint density at radius 1 is 1.03 bits per heavy atom. The van der Waals surface area contributed by atoms with Gasteiger partial charge in [-0.15, -0.1) is 0 Å². The number of piperazine rings is 1. The molecule has 1 aliphatic carbocycles. The Morgan fingerprint density at radius 3 is 2.40 bits per heavy atom. The van der Waals surface area contributed by atoms with Crippen LogP contribution in [0.4, 0.5) is 4.79 Å². The molecule has 0 unspecified atom stereocenters. The summed E-state index contributed by atoms with van der Waals surface area (Å²) >= 11 is 0. The highest BCUT2D eigenvalue weighted by atomic mass is 32.2. The number of hydrogen-bond donors (Lipinski definition) is 1. The molecule has 0 radical (unpaired) electrons. The van der Waals surface area contributed by atoms with Gasteiger partial charge >= 0.3 is 6.09 Å². The second-order valence-electron chi connectivity index (χ2n) is 7.61. The van der Waals surface area contributed by atoms with Crippen molar-refractivity contribution >= 4 is 16.1 Å². The average molecular weight is 430 g/mol. The Bertz CT molecular complexity index is 988. The molecule has 0 bridgehead atoms. The quantitative estimate of drug-likeness (QED) is 0.790. The second-order valence-corrected chi connectivity index (χ2v) is 9.32. The Hall–Kier alpha value is -2.42. The molecule has 160 valence electrons. The van der Waals surface area contributed by atoms with Gasteiger partial charge in [0.2, 0.25) is 10.0 Å². The fourth-order valence-electron chi connectivity index (χ4n) is 4.40. The Morgan fingerprint density at radius 2 is 1.70 bits per heavy atom. The summed E-state index contributed by atoms with van der Waals surface area (Å²) in [5, 5.41) is 0. The van der Waals surface area contributed by atoms with E-state index in [-0.39, 0.29) is 23.1 Å². The first-order valence-electron chi connectivity index (χ1n) is 10.3. The number of fused-ring (bicyclic) bond motifs is 1. The van der Waals surface area contributed by atoms with E-state index in [9.17, 15) is 13.2 Å². The van der Waals surface area contributed by atoms with Gasteiger partial charge in [-0.05, 0) is 36.6 Å². The highest BCUT2D eigenvalue weighted by Crippen LogP contribution is 2.37. The Labute approximate surface area is 177 Å². The topological polar surface area (TPSA) is 79.0 Å². The molecule has 4 rings (SSSR count). The predicted molar refractivity (Wildman–Crippen MR) is 114 cm³/mol. The van der Waals surface area contributed by atoms with Crippen molar-refractivity contribution in [2.45, 2.75) is 30.3 Å². The van der Waals surface area contributed by atoms with E-state index in [4.69, 9.17) is 4.74 Å². The zero-order valence-electron chi connectivity index (χ0n) is 17.0. The molecule has 2 atom stereocenters. The summed E-state index contributed by atoms with van der Waals surface area (Å²) in [5.74, 6) is 0. The largest absolute Gasteiger partial charge is 0.450 e. The van der Waals surface area contributed by atoms with Crippen LogP contribution in [0.3, 0.4) is 0 Å². The van der Waals surface area contributed by atoms with Gasteiger partial charge in [0.1, 0.15) is 0 Å². The monoisotopic (exact) mass is 429 g/mol. The number of nitrogens with one attached hydrogen (secondary N) is 1. The molecule has 2 aromatic carbocycles. The molecule has 1 amide bonds. The van der Waals surface area contributed by atoms with Crippen LogP contribution >= 0.6 is 0 Å². The van der Waals surface area contributed by atoms with E-state index < -0.39 is 10.0 Å². The van der Waals surface area contributed by atoms with Crippen molar-refractivity contribution in [3.63, 3.8) is 0 Å². The molecular formula is C22H27N3O4S. The van der Waals surface area contributed by atoms with Crippen LogP contribution in [0.5, 0.6) is 0 Å². The van der Waals surface area contributed by atoms with E-state index in [0.717, 1.165) is 11.1 Å². The summed E-state index contributed by atoms with van der Waals surface area (Å²) in [6, 6.07) is 16.3. The normalized spacial score (nSPS) is 22.0. The summed E-state index contributed by atoms with van der Waals surface area (Å²) in [5.41, 5.74) is 2.32. The minimum atomic E-state index is -3.63. The number of carbonyl (C=O) groups excluding carboxylic acids is 1. The van der Waals surface area contributed by atoms with Gasteiger partial charge in [0, 0.05) is 32.2 Å². The molecule has 2 aliphatic rings. The van der Waals surface area contributed by atoms with Gasteiger partial charge in [-0.3, -0.25) is 4.90 Å². The molecule has 1 heterocycles. The van der Waals surface area contributed by atoms with Crippen LogP contribution in [0, 0.1) is 0 Å². The van der Waals surface area contributed by atoms with E-state index in [1.54, 1.807) is 42.2 Å². The maximum Gasteiger partial charge on any atom is 0.409 e. The summed E-state index contributed by atoms with van der Waals surface area (Å²) in [6.45, 7) is 4.62. The van der Waals surface area contributed by atoms with Gasteiger partial charge in [0.15, 0.2) is 0 Å². The summed E-state index contributed by atoms with van der Waals surface area (Å²) in [6.07, 6.45) is 0.357. The van der Waals surface area contributed by atoms with Gasteiger partial charge in [0.25, 0.3) is 0 Å². The molecule has 2 aromatic rings. The zero-order chi connectivity index (χ0) is 21.1. The lowest BCUT2D eigenvalue weighted by Gasteiger charge is -2.40. The maximum atomic E-state index is 13.0. The first-order valence-corrected chi connectivity index (χ1v) is 11.8. The van der Waals surface area contributed by atoms with Crippen molar-refractivity contribution < 1.29 is 17.9 Å². The molecule has 30 heavy (non-hydrogen) atoms. The number of nitrogens with zero attached hydrogens (tertiary/aromatic N) is 2. The lowest BCUT2D eigenvalue weighted by Crippen LogP contribution is -2.53. The molecule has 7 nitrogen and oxygen atoms in total. The molecule has 0 spiro atoms. The molecular weight excluding hydrogens is 402 g/mol. The Balaban J connectivity index is 1.54. The number of benzene rings is 2. The van der Waals surface area contributed by atoms with E-state index in [0.29, 0.717) is 39.2 Å². The van der Waals surface area contributed by atoms with Crippen molar-refractivity contribution in [3.8, 4) is 0 Å². The van der Waals surface area contributed by atoms with E-state index >= 15 is 0 Å². The number of ether oxygens (including phenoxy) is 1. The van der Waals surface area contributed by atoms with Crippen molar-refractivity contribution in [2.24, 2.45) is 0 Å². The van der Waals surface area contributed by atoms with Crippen molar-refractivity contribution in [2.75, 3.05) is 32.8 Å².